The number of rotatable bonds is 5. The molecule has 154 valence electrons. The van der Waals surface area contributed by atoms with E-state index in [9.17, 15) is 9.18 Å². The molecule has 2 N–H and O–H groups in total. The molecule has 1 saturated heterocycles. The van der Waals surface area contributed by atoms with Crippen LogP contribution in [0.4, 0.5) is 10.1 Å². The molecule has 0 saturated carbocycles. The topological polar surface area (TPSA) is 60.0 Å². The first-order chi connectivity index (χ1) is 14.1. The van der Waals surface area contributed by atoms with Crippen molar-refractivity contribution in [3.05, 3.63) is 65.5 Å². The molecule has 0 spiro atoms. The Kier molecular flexibility index (Phi) is 7.05. The van der Waals surface area contributed by atoms with Gasteiger partial charge in [0.15, 0.2) is 5.96 Å². The van der Waals surface area contributed by atoms with Crippen LogP contribution >= 0.6 is 0 Å². The number of anilines is 1. The van der Waals surface area contributed by atoms with Gasteiger partial charge in [-0.2, -0.15) is 0 Å². The van der Waals surface area contributed by atoms with Crippen molar-refractivity contribution in [2.24, 2.45) is 4.99 Å². The highest BCUT2D eigenvalue weighted by atomic mass is 19.1. The molecule has 29 heavy (non-hydrogen) atoms. The fourth-order valence-corrected chi connectivity index (χ4v) is 3.40. The molecule has 6 nitrogen and oxygen atoms in total. The zero-order chi connectivity index (χ0) is 20.6. The first-order valence-corrected chi connectivity index (χ1v) is 9.88. The first kappa shape index (κ1) is 20.6. The zero-order valence-electron chi connectivity index (χ0n) is 17.0. The Morgan fingerprint density at radius 3 is 2.38 bits per heavy atom. The van der Waals surface area contributed by atoms with E-state index in [2.05, 4.69) is 25.4 Å². The molecular formula is C22H28FN5O. The van der Waals surface area contributed by atoms with E-state index in [1.807, 2.05) is 43.3 Å². The zero-order valence-corrected chi connectivity index (χ0v) is 17.0. The van der Waals surface area contributed by atoms with E-state index in [4.69, 9.17) is 0 Å². The molecule has 2 aromatic rings. The fraction of sp³-hybridized carbons (Fsp3) is 0.364. The molecule has 1 fully saturated rings. The van der Waals surface area contributed by atoms with Crippen molar-refractivity contribution in [1.82, 2.24) is 15.5 Å². The predicted molar refractivity (Wildman–Crippen MR) is 115 cm³/mol. The summed E-state index contributed by atoms with van der Waals surface area (Å²) in [6.45, 7) is 6.42. The number of guanidine groups is 1. The summed E-state index contributed by atoms with van der Waals surface area (Å²) in [5, 5.41) is 6.24. The van der Waals surface area contributed by atoms with Gasteiger partial charge < -0.3 is 20.4 Å². The van der Waals surface area contributed by atoms with Crippen LogP contribution in [0.3, 0.4) is 0 Å². The summed E-state index contributed by atoms with van der Waals surface area (Å²) < 4.78 is 13.1. The van der Waals surface area contributed by atoms with Gasteiger partial charge in [0, 0.05) is 57.6 Å². The van der Waals surface area contributed by atoms with Gasteiger partial charge in [-0.1, -0.05) is 17.7 Å². The highest BCUT2D eigenvalue weighted by Crippen LogP contribution is 2.16. The quantitative estimate of drug-likeness (QED) is 0.462. The Morgan fingerprint density at radius 2 is 1.72 bits per heavy atom. The minimum atomic E-state index is -0.216. The number of hydrogen-bond acceptors (Lipinski definition) is 3. The average Bonchev–Trinajstić information content (AvgIpc) is 2.74. The van der Waals surface area contributed by atoms with Crippen LogP contribution in [0, 0.1) is 12.7 Å². The number of aryl methyl sites for hydroxylation is 1. The van der Waals surface area contributed by atoms with Crippen molar-refractivity contribution in [2.45, 2.75) is 6.92 Å². The predicted octanol–water partition coefficient (Wildman–Crippen LogP) is 2.26. The van der Waals surface area contributed by atoms with Gasteiger partial charge >= 0.3 is 0 Å². The summed E-state index contributed by atoms with van der Waals surface area (Å²) in [6, 6.07) is 14.2. The Hall–Kier alpha value is -3.09. The van der Waals surface area contributed by atoms with Crippen LogP contribution in [-0.4, -0.2) is 63.1 Å². The van der Waals surface area contributed by atoms with E-state index in [0.717, 1.165) is 43.4 Å². The lowest BCUT2D eigenvalue weighted by atomic mass is 10.1. The van der Waals surface area contributed by atoms with Crippen molar-refractivity contribution in [2.75, 3.05) is 51.2 Å². The molecule has 0 unspecified atom stereocenters. The molecule has 2 aromatic carbocycles. The summed E-state index contributed by atoms with van der Waals surface area (Å²) >= 11 is 0. The van der Waals surface area contributed by atoms with Crippen LogP contribution in [0.15, 0.2) is 53.5 Å². The van der Waals surface area contributed by atoms with Crippen LogP contribution < -0.4 is 15.5 Å². The number of piperazine rings is 1. The first-order valence-electron chi connectivity index (χ1n) is 9.88. The highest BCUT2D eigenvalue weighted by molar-refractivity contribution is 5.94. The smallest absolute Gasteiger partial charge is 0.251 e. The largest absolute Gasteiger partial charge is 0.368 e. The minimum Gasteiger partial charge on any atom is -0.368 e. The van der Waals surface area contributed by atoms with Crippen molar-refractivity contribution in [1.29, 1.82) is 0 Å². The second-order valence-corrected chi connectivity index (χ2v) is 7.05. The van der Waals surface area contributed by atoms with Crippen molar-refractivity contribution in [3.8, 4) is 0 Å². The van der Waals surface area contributed by atoms with Crippen LogP contribution in [-0.2, 0) is 0 Å². The molecule has 0 aromatic heterocycles. The van der Waals surface area contributed by atoms with E-state index in [1.54, 1.807) is 7.05 Å². The van der Waals surface area contributed by atoms with E-state index < -0.39 is 0 Å². The van der Waals surface area contributed by atoms with Crippen LogP contribution in [0.2, 0.25) is 0 Å². The van der Waals surface area contributed by atoms with Crippen molar-refractivity contribution >= 4 is 17.6 Å². The van der Waals surface area contributed by atoms with Crippen molar-refractivity contribution < 1.29 is 9.18 Å². The summed E-state index contributed by atoms with van der Waals surface area (Å²) in [5.41, 5.74) is 2.77. The summed E-state index contributed by atoms with van der Waals surface area (Å²) in [7, 11) is 1.76. The number of halogens is 1. The number of nitrogens with zero attached hydrogens (tertiary/aromatic N) is 3. The molecular weight excluding hydrogens is 369 g/mol. The van der Waals surface area contributed by atoms with Gasteiger partial charge in [0.25, 0.3) is 5.91 Å². The Bertz CT molecular complexity index is 845. The molecule has 0 radical (unpaired) electrons. The van der Waals surface area contributed by atoms with E-state index >= 15 is 0 Å². The second-order valence-electron chi connectivity index (χ2n) is 7.05. The molecule has 1 heterocycles. The maximum Gasteiger partial charge on any atom is 0.251 e. The molecule has 7 heteroatoms. The third kappa shape index (κ3) is 5.70. The normalized spacial score (nSPS) is 14.7. The summed E-state index contributed by atoms with van der Waals surface area (Å²) in [6.07, 6.45) is 0. The van der Waals surface area contributed by atoms with Gasteiger partial charge in [-0.25, -0.2) is 4.39 Å². The monoisotopic (exact) mass is 397 g/mol. The lowest BCUT2D eigenvalue weighted by molar-refractivity contribution is 0.0954. The SMILES string of the molecule is CN=C(NCCNC(=O)c1cccc(C)c1)N1CCN(c2ccc(F)cc2)CC1. The number of nitrogens with one attached hydrogen (secondary N) is 2. The number of amides is 1. The molecule has 3 rings (SSSR count). The number of carbonyl (C=O) groups excluding carboxylic acids is 1. The lowest BCUT2D eigenvalue weighted by Gasteiger charge is -2.37. The Labute approximate surface area is 171 Å². The summed E-state index contributed by atoms with van der Waals surface area (Å²) in [4.78, 5) is 21.0. The average molecular weight is 397 g/mol. The van der Waals surface area contributed by atoms with Gasteiger partial charge in [0.05, 0.1) is 0 Å². The van der Waals surface area contributed by atoms with Crippen molar-refractivity contribution in [3.63, 3.8) is 0 Å². The Balaban J connectivity index is 1.41. The maximum absolute atomic E-state index is 13.1. The summed E-state index contributed by atoms with van der Waals surface area (Å²) in [5.74, 6) is 0.540. The number of carbonyl (C=O) groups is 1. The van der Waals surface area contributed by atoms with E-state index in [1.165, 1.54) is 12.1 Å². The minimum absolute atomic E-state index is 0.0709. The molecule has 1 amide bonds. The van der Waals surface area contributed by atoms with Crippen LogP contribution in [0.25, 0.3) is 0 Å². The molecule has 1 aliphatic rings. The lowest BCUT2D eigenvalue weighted by Crippen LogP contribution is -2.53. The van der Waals surface area contributed by atoms with E-state index in [0.29, 0.717) is 18.7 Å². The van der Waals surface area contributed by atoms with Gasteiger partial charge in [-0.05, 0) is 43.3 Å². The number of aliphatic imine (C=N–C) groups is 1. The van der Waals surface area contributed by atoms with E-state index in [-0.39, 0.29) is 11.7 Å². The van der Waals surface area contributed by atoms with Crippen LogP contribution in [0.1, 0.15) is 15.9 Å². The Morgan fingerprint density at radius 1 is 1.03 bits per heavy atom. The van der Waals surface area contributed by atoms with Crippen LogP contribution in [0.5, 0.6) is 0 Å². The third-order valence-corrected chi connectivity index (χ3v) is 4.96. The fourth-order valence-electron chi connectivity index (χ4n) is 3.40. The third-order valence-electron chi connectivity index (χ3n) is 4.96. The molecule has 1 aliphatic heterocycles. The second kappa shape index (κ2) is 9.91. The van der Waals surface area contributed by atoms with Gasteiger partial charge in [-0.15, -0.1) is 0 Å². The highest BCUT2D eigenvalue weighted by Gasteiger charge is 2.19. The number of benzene rings is 2. The maximum atomic E-state index is 13.1. The standard InChI is InChI=1S/C22H28FN5O/c1-17-4-3-5-18(16-17)21(29)25-10-11-26-22(24-2)28-14-12-27(13-15-28)20-8-6-19(23)7-9-20/h3-9,16H,10-15H2,1-2H3,(H,24,26)(H,25,29). The molecule has 0 aliphatic carbocycles. The number of hydrogen-bond donors (Lipinski definition) is 2. The van der Waals surface area contributed by atoms with Gasteiger partial charge in [0.1, 0.15) is 5.82 Å². The molecule has 0 atom stereocenters. The van der Waals surface area contributed by atoms with Gasteiger partial charge in [0.2, 0.25) is 0 Å². The van der Waals surface area contributed by atoms with Gasteiger partial charge in [-0.3, -0.25) is 9.79 Å². The molecule has 0 bridgehead atoms.